The summed E-state index contributed by atoms with van der Waals surface area (Å²) in [6.45, 7) is 3.63. The zero-order valence-electron chi connectivity index (χ0n) is 14.6. The van der Waals surface area contributed by atoms with Gasteiger partial charge in [-0.25, -0.2) is 0 Å². The SMILES string of the molecule is CC1CCN(C(=O)c2cc(C(=O)Nc3cccc(C#N)c3)ccn2)CC1. The van der Waals surface area contributed by atoms with Gasteiger partial charge in [0.25, 0.3) is 11.8 Å². The Morgan fingerprint density at radius 2 is 2.00 bits per heavy atom. The van der Waals surface area contributed by atoms with Crippen LogP contribution >= 0.6 is 0 Å². The molecule has 0 bridgehead atoms. The van der Waals surface area contributed by atoms with E-state index in [1.807, 2.05) is 6.07 Å². The van der Waals surface area contributed by atoms with Crippen LogP contribution in [0.5, 0.6) is 0 Å². The van der Waals surface area contributed by atoms with Crippen molar-refractivity contribution in [1.82, 2.24) is 9.88 Å². The zero-order chi connectivity index (χ0) is 18.5. The second-order valence-electron chi connectivity index (χ2n) is 6.55. The number of carbonyl (C=O) groups is 2. The molecular formula is C20H20N4O2. The third-order valence-electron chi connectivity index (χ3n) is 4.56. The van der Waals surface area contributed by atoms with Crippen molar-refractivity contribution in [3.63, 3.8) is 0 Å². The highest BCUT2D eigenvalue weighted by Gasteiger charge is 2.23. The molecule has 0 unspecified atom stereocenters. The van der Waals surface area contributed by atoms with Gasteiger partial charge in [-0.15, -0.1) is 0 Å². The molecule has 0 spiro atoms. The van der Waals surface area contributed by atoms with Crippen molar-refractivity contribution in [1.29, 1.82) is 5.26 Å². The van der Waals surface area contributed by atoms with Crippen molar-refractivity contribution < 1.29 is 9.59 Å². The maximum Gasteiger partial charge on any atom is 0.272 e. The van der Waals surface area contributed by atoms with E-state index in [1.54, 1.807) is 35.2 Å². The number of pyridine rings is 1. The largest absolute Gasteiger partial charge is 0.337 e. The monoisotopic (exact) mass is 348 g/mol. The molecule has 1 fully saturated rings. The maximum absolute atomic E-state index is 12.6. The number of nitrogens with zero attached hydrogens (tertiary/aromatic N) is 3. The topological polar surface area (TPSA) is 86.1 Å². The highest BCUT2D eigenvalue weighted by molar-refractivity contribution is 6.05. The molecule has 26 heavy (non-hydrogen) atoms. The van der Waals surface area contributed by atoms with E-state index in [1.165, 1.54) is 12.3 Å². The molecule has 2 heterocycles. The fraction of sp³-hybridized carbons (Fsp3) is 0.300. The van der Waals surface area contributed by atoms with Crippen LogP contribution in [0.25, 0.3) is 0 Å². The number of rotatable bonds is 3. The summed E-state index contributed by atoms with van der Waals surface area (Å²) in [6.07, 6.45) is 3.45. The Bertz CT molecular complexity index is 864. The summed E-state index contributed by atoms with van der Waals surface area (Å²) in [5.41, 5.74) is 1.63. The fourth-order valence-corrected chi connectivity index (χ4v) is 2.93. The maximum atomic E-state index is 12.6. The molecule has 2 aromatic rings. The second-order valence-corrected chi connectivity index (χ2v) is 6.55. The molecular weight excluding hydrogens is 328 g/mol. The Hall–Kier alpha value is -3.20. The number of piperidine rings is 1. The van der Waals surface area contributed by atoms with Crippen molar-refractivity contribution in [3.8, 4) is 6.07 Å². The Morgan fingerprint density at radius 1 is 1.23 bits per heavy atom. The Kier molecular flexibility index (Phi) is 5.28. The summed E-state index contributed by atoms with van der Waals surface area (Å²) < 4.78 is 0. The molecule has 6 heteroatoms. The molecule has 1 aromatic carbocycles. The van der Waals surface area contributed by atoms with Crippen molar-refractivity contribution in [2.45, 2.75) is 19.8 Å². The minimum absolute atomic E-state index is 0.141. The lowest BCUT2D eigenvalue weighted by Gasteiger charge is -2.30. The van der Waals surface area contributed by atoms with E-state index in [0.717, 1.165) is 25.9 Å². The number of amides is 2. The van der Waals surface area contributed by atoms with Crippen molar-refractivity contribution in [2.24, 2.45) is 5.92 Å². The van der Waals surface area contributed by atoms with E-state index in [4.69, 9.17) is 5.26 Å². The van der Waals surface area contributed by atoms with Crippen molar-refractivity contribution in [3.05, 3.63) is 59.4 Å². The summed E-state index contributed by atoms with van der Waals surface area (Å²) in [6, 6.07) is 11.8. The molecule has 1 aliphatic rings. The molecule has 1 aliphatic heterocycles. The number of anilines is 1. The first-order valence-corrected chi connectivity index (χ1v) is 8.63. The van der Waals surface area contributed by atoms with Gasteiger partial charge in [-0.2, -0.15) is 5.26 Å². The van der Waals surface area contributed by atoms with Gasteiger partial charge in [-0.05, 0) is 49.1 Å². The molecule has 1 saturated heterocycles. The second kappa shape index (κ2) is 7.79. The van der Waals surface area contributed by atoms with E-state index >= 15 is 0 Å². The predicted octanol–water partition coefficient (Wildman–Crippen LogP) is 3.08. The van der Waals surface area contributed by atoms with Gasteiger partial charge in [0.05, 0.1) is 11.6 Å². The van der Waals surface area contributed by atoms with E-state index in [2.05, 4.69) is 17.2 Å². The zero-order valence-corrected chi connectivity index (χ0v) is 14.6. The van der Waals surface area contributed by atoms with E-state index in [0.29, 0.717) is 22.7 Å². The molecule has 2 amide bonds. The Morgan fingerprint density at radius 3 is 2.73 bits per heavy atom. The fourth-order valence-electron chi connectivity index (χ4n) is 2.93. The first kappa shape index (κ1) is 17.6. The minimum atomic E-state index is -0.344. The first-order valence-electron chi connectivity index (χ1n) is 8.63. The van der Waals surface area contributed by atoms with Crippen LogP contribution in [0.3, 0.4) is 0 Å². The molecule has 1 aromatic heterocycles. The minimum Gasteiger partial charge on any atom is -0.337 e. The predicted molar refractivity (Wildman–Crippen MR) is 97.6 cm³/mol. The highest BCUT2D eigenvalue weighted by Crippen LogP contribution is 2.18. The van der Waals surface area contributed by atoms with Gasteiger partial charge < -0.3 is 10.2 Å². The molecule has 6 nitrogen and oxygen atoms in total. The summed E-state index contributed by atoms with van der Waals surface area (Å²) in [5.74, 6) is 0.148. The standard InChI is InChI=1S/C20H20N4O2/c1-14-6-9-24(10-7-14)20(26)18-12-16(5-8-22-18)19(25)23-17-4-2-3-15(11-17)13-21/h2-5,8,11-12,14H,6-7,9-10H2,1H3,(H,23,25). The summed E-state index contributed by atoms with van der Waals surface area (Å²) in [5, 5.41) is 11.7. The highest BCUT2D eigenvalue weighted by atomic mass is 16.2. The number of benzene rings is 1. The lowest BCUT2D eigenvalue weighted by Crippen LogP contribution is -2.38. The van der Waals surface area contributed by atoms with Crippen LogP contribution in [0.15, 0.2) is 42.6 Å². The van der Waals surface area contributed by atoms with Gasteiger partial charge in [0.2, 0.25) is 0 Å². The lowest BCUT2D eigenvalue weighted by atomic mass is 9.99. The van der Waals surface area contributed by atoms with Gasteiger partial charge >= 0.3 is 0 Å². The number of carbonyl (C=O) groups excluding carboxylic acids is 2. The lowest BCUT2D eigenvalue weighted by molar-refractivity contribution is 0.0691. The van der Waals surface area contributed by atoms with E-state index in [9.17, 15) is 9.59 Å². The molecule has 3 rings (SSSR count). The van der Waals surface area contributed by atoms with Gasteiger partial charge in [0.1, 0.15) is 5.69 Å². The van der Waals surface area contributed by atoms with Gasteiger partial charge in [0, 0.05) is 30.5 Å². The molecule has 1 N–H and O–H groups in total. The first-order chi connectivity index (χ1) is 12.6. The van der Waals surface area contributed by atoms with Crippen LogP contribution in [0.4, 0.5) is 5.69 Å². The van der Waals surface area contributed by atoms with Crippen LogP contribution in [-0.4, -0.2) is 34.8 Å². The number of aromatic nitrogens is 1. The summed E-state index contributed by atoms with van der Waals surface area (Å²) in [7, 11) is 0. The summed E-state index contributed by atoms with van der Waals surface area (Å²) in [4.78, 5) is 31.0. The smallest absolute Gasteiger partial charge is 0.272 e. The molecule has 0 aliphatic carbocycles. The number of nitriles is 1. The van der Waals surface area contributed by atoms with Gasteiger partial charge in [0.15, 0.2) is 0 Å². The summed E-state index contributed by atoms with van der Waals surface area (Å²) >= 11 is 0. The van der Waals surface area contributed by atoms with Crippen molar-refractivity contribution in [2.75, 3.05) is 18.4 Å². The third kappa shape index (κ3) is 4.06. The number of hydrogen-bond acceptors (Lipinski definition) is 4. The molecule has 0 radical (unpaired) electrons. The van der Waals surface area contributed by atoms with Crippen LogP contribution in [-0.2, 0) is 0 Å². The molecule has 0 atom stereocenters. The van der Waals surface area contributed by atoms with Crippen LogP contribution in [0, 0.1) is 17.2 Å². The van der Waals surface area contributed by atoms with Crippen molar-refractivity contribution >= 4 is 17.5 Å². The number of hydrogen-bond donors (Lipinski definition) is 1. The molecule has 132 valence electrons. The van der Waals surface area contributed by atoms with Crippen LogP contribution < -0.4 is 5.32 Å². The average Bonchev–Trinajstić information content (AvgIpc) is 2.68. The third-order valence-corrected chi connectivity index (χ3v) is 4.56. The Labute approximate surface area is 152 Å². The number of likely N-dealkylation sites (tertiary alicyclic amines) is 1. The van der Waals surface area contributed by atoms with Gasteiger partial charge in [-0.1, -0.05) is 13.0 Å². The quantitative estimate of drug-likeness (QED) is 0.923. The average molecular weight is 348 g/mol. The molecule has 0 saturated carbocycles. The van der Waals surface area contributed by atoms with Crippen LogP contribution in [0.2, 0.25) is 0 Å². The normalized spacial score (nSPS) is 14.5. The number of nitrogens with one attached hydrogen (secondary N) is 1. The van der Waals surface area contributed by atoms with E-state index < -0.39 is 0 Å². The van der Waals surface area contributed by atoms with Crippen LogP contribution in [0.1, 0.15) is 46.2 Å². The van der Waals surface area contributed by atoms with E-state index in [-0.39, 0.29) is 17.5 Å². The van der Waals surface area contributed by atoms with Gasteiger partial charge in [-0.3, -0.25) is 14.6 Å². The Balaban J connectivity index is 1.73.